The van der Waals surface area contributed by atoms with Crippen LogP contribution in [-0.4, -0.2) is 27.0 Å². The Morgan fingerprint density at radius 1 is 1.14 bits per heavy atom. The van der Waals surface area contributed by atoms with Gasteiger partial charge in [-0.05, 0) is 51.5 Å². The maximum Gasteiger partial charge on any atom is 0.268 e. The topological polar surface area (TPSA) is 87.4 Å². The van der Waals surface area contributed by atoms with E-state index in [0.29, 0.717) is 28.6 Å². The van der Waals surface area contributed by atoms with Gasteiger partial charge in [-0.15, -0.1) is 0 Å². The molecule has 1 aliphatic rings. The number of nitrogens with one attached hydrogen (secondary N) is 1. The average molecular weight is 394 g/mol. The summed E-state index contributed by atoms with van der Waals surface area (Å²) in [6.07, 6.45) is 1.65. The summed E-state index contributed by atoms with van der Waals surface area (Å²) < 4.78 is 13.9. The molecule has 150 valence electrons. The lowest BCUT2D eigenvalue weighted by molar-refractivity contribution is 0.102. The highest BCUT2D eigenvalue weighted by Gasteiger charge is 2.20. The Balaban J connectivity index is 1.72. The minimum atomic E-state index is -0.468. The van der Waals surface area contributed by atoms with E-state index < -0.39 is 11.5 Å². The Hall–Kier alpha value is -3.55. The largest absolute Gasteiger partial charge is 0.454 e. The van der Waals surface area contributed by atoms with Gasteiger partial charge < -0.3 is 14.8 Å². The van der Waals surface area contributed by atoms with E-state index in [1.807, 2.05) is 20.8 Å². The summed E-state index contributed by atoms with van der Waals surface area (Å²) in [7, 11) is 0. The molecule has 0 atom stereocenters. The first-order valence-electron chi connectivity index (χ1n) is 9.35. The minimum absolute atomic E-state index is 0.0705. The molecule has 1 aromatic carbocycles. The van der Waals surface area contributed by atoms with Crippen molar-refractivity contribution < 1.29 is 14.3 Å². The third kappa shape index (κ3) is 3.37. The number of anilines is 1. The van der Waals surface area contributed by atoms with Crippen molar-refractivity contribution in [3.05, 3.63) is 63.7 Å². The fourth-order valence-electron chi connectivity index (χ4n) is 3.32. The standard InChI is InChI=1S/C21H22N4O4/c1-12(2)25-18(9-14(4)23-25)22-20(26)19-13(3)7-8-24(21(19)27)15-5-6-16-17(10-15)29-11-28-16/h5-10,12H,11H2,1-4H3,(H,22,26). The lowest BCUT2D eigenvalue weighted by Crippen LogP contribution is -2.30. The number of pyridine rings is 1. The molecule has 0 saturated heterocycles. The van der Waals surface area contributed by atoms with Crippen LogP contribution in [-0.2, 0) is 0 Å². The van der Waals surface area contributed by atoms with Crippen LogP contribution in [0.25, 0.3) is 5.69 Å². The summed E-state index contributed by atoms with van der Waals surface area (Å²) in [6.45, 7) is 7.70. The SMILES string of the molecule is Cc1cc(NC(=O)c2c(C)ccn(-c3ccc4c(c3)OCO4)c2=O)n(C(C)C)n1. The lowest BCUT2D eigenvalue weighted by atomic mass is 10.1. The maximum absolute atomic E-state index is 13.2. The molecule has 1 N–H and O–H groups in total. The van der Waals surface area contributed by atoms with Gasteiger partial charge in [-0.3, -0.25) is 14.2 Å². The van der Waals surface area contributed by atoms with Crippen molar-refractivity contribution in [3.8, 4) is 17.2 Å². The first-order valence-corrected chi connectivity index (χ1v) is 9.35. The molecular formula is C21H22N4O4. The van der Waals surface area contributed by atoms with E-state index in [0.717, 1.165) is 5.69 Å². The van der Waals surface area contributed by atoms with E-state index in [1.165, 1.54) is 4.57 Å². The summed E-state index contributed by atoms with van der Waals surface area (Å²) in [4.78, 5) is 26.2. The smallest absolute Gasteiger partial charge is 0.268 e. The van der Waals surface area contributed by atoms with Crippen LogP contribution in [0.5, 0.6) is 11.5 Å². The number of fused-ring (bicyclic) bond motifs is 1. The first kappa shape index (κ1) is 18.8. The number of rotatable bonds is 4. The van der Waals surface area contributed by atoms with Crippen molar-refractivity contribution in [1.82, 2.24) is 14.3 Å². The summed E-state index contributed by atoms with van der Waals surface area (Å²) in [5.41, 5.74) is 1.65. The number of carbonyl (C=O) groups is 1. The molecule has 3 aromatic rings. The van der Waals surface area contributed by atoms with E-state index in [-0.39, 0.29) is 18.4 Å². The van der Waals surface area contributed by atoms with Crippen LogP contribution in [0.4, 0.5) is 5.82 Å². The van der Waals surface area contributed by atoms with Gasteiger partial charge in [-0.2, -0.15) is 5.10 Å². The second-order valence-electron chi connectivity index (χ2n) is 7.25. The highest BCUT2D eigenvalue weighted by Crippen LogP contribution is 2.33. The molecule has 3 heterocycles. The zero-order valence-corrected chi connectivity index (χ0v) is 16.7. The van der Waals surface area contributed by atoms with E-state index >= 15 is 0 Å². The van der Waals surface area contributed by atoms with Crippen LogP contribution in [0.15, 0.2) is 41.3 Å². The first-order chi connectivity index (χ1) is 13.8. The minimum Gasteiger partial charge on any atom is -0.454 e. The van der Waals surface area contributed by atoms with Crippen molar-refractivity contribution in [3.63, 3.8) is 0 Å². The fraction of sp³-hybridized carbons (Fsp3) is 0.286. The molecule has 1 aliphatic heterocycles. The van der Waals surface area contributed by atoms with Crippen LogP contribution >= 0.6 is 0 Å². The molecule has 0 bridgehead atoms. The van der Waals surface area contributed by atoms with E-state index in [1.54, 1.807) is 48.1 Å². The lowest BCUT2D eigenvalue weighted by Gasteiger charge is -2.14. The molecule has 0 aliphatic carbocycles. The quantitative estimate of drug-likeness (QED) is 0.734. The molecule has 0 spiro atoms. The Bertz CT molecular complexity index is 1160. The fourth-order valence-corrected chi connectivity index (χ4v) is 3.32. The van der Waals surface area contributed by atoms with Crippen LogP contribution in [0.2, 0.25) is 0 Å². The number of carbonyl (C=O) groups excluding carboxylic acids is 1. The van der Waals surface area contributed by atoms with Gasteiger partial charge in [0.15, 0.2) is 11.5 Å². The molecule has 0 radical (unpaired) electrons. The van der Waals surface area contributed by atoms with Gasteiger partial charge in [0, 0.05) is 24.4 Å². The molecule has 0 unspecified atom stereocenters. The Kier molecular flexibility index (Phi) is 4.62. The number of nitrogens with zero attached hydrogens (tertiary/aromatic N) is 3. The van der Waals surface area contributed by atoms with E-state index in [9.17, 15) is 9.59 Å². The van der Waals surface area contributed by atoms with Gasteiger partial charge in [0.1, 0.15) is 11.4 Å². The molecule has 4 rings (SSSR count). The van der Waals surface area contributed by atoms with Crippen molar-refractivity contribution >= 4 is 11.7 Å². The molecule has 2 aromatic heterocycles. The molecule has 0 fully saturated rings. The van der Waals surface area contributed by atoms with Crippen LogP contribution in [0.1, 0.15) is 41.5 Å². The number of aromatic nitrogens is 3. The zero-order valence-electron chi connectivity index (χ0n) is 16.7. The predicted octanol–water partition coefficient (Wildman–Crippen LogP) is 3.21. The van der Waals surface area contributed by atoms with Gasteiger partial charge in [-0.1, -0.05) is 0 Å². The maximum atomic E-state index is 13.2. The second-order valence-corrected chi connectivity index (χ2v) is 7.25. The summed E-state index contributed by atoms with van der Waals surface area (Å²) >= 11 is 0. The monoisotopic (exact) mass is 394 g/mol. The summed E-state index contributed by atoms with van der Waals surface area (Å²) in [5, 5.41) is 7.23. The zero-order chi connectivity index (χ0) is 20.7. The third-order valence-corrected chi connectivity index (χ3v) is 4.75. The summed E-state index contributed by atoms with van der Waals surface area (Å²) in [6, 6.07) is 8.81. The van der Waals surface area contributed by atoms with Gasteiger partial charge in [-0.25, -0.2) is 4.68 Å². The average Bonchev–Trinajstić information content (AvgIpc) is 3.27. The predicted molar refractivity (Wildman–Crippen MR) is 108 cm³/mol. The third-order valence-electron chi connectivity index (χ3n) is 4.75. The Morgan fingerprint density at radius 3 is 2.66 bits per heavy atom. The number of benzene rings is 1. The van der Waals surface area contributed by atoms with Crippen molar-refractivity contribution in [2.75, 3.05) is 12.1 Å². The number of hydrogen-bond donors (Lipinski definition) is 1. The molecular weight excluding hydrogens is 372 g/mol. The number of aryl methyl sites for hydroxylation is 2. The van der Waals surface area contributed by atoms with Gasteiger partial charge in [0.2, 0.25) is 6.79 Å². The van der Waals surface area contributed by atoms with Gasteiger partial charge in [0.25, 0.3) is 11.5 Å². The van der Waals surface area contributed by atoms with Crippen LogP contribution in [0, 0.1) is 13.8 Å². The highest BCUT2D eigenvalue weighted by molar-refractivity contribution is 6.04. The van der Waals surface area contributed by atoms with Crippen LogP contribution < -0.4 is 20.3 Å². The van der Waals surface area contributed by atoms with E-state index in [4.69, 9.17) is 9.47 Å². The molecule has 8 nitrogen and oxygen atoms in total. The molecule has 1 amide bonds. The molecule has 0 saturated carbocycles. The summed E-state index contributed by atoms with van der Waals surface area (Å²) in [5.74, 6) is 1.28. The number of hydrogen-bond acceptors (Lipinski definition) is 5. The van der Waals surface area contributed by atoms with Crippen LogP contribution in [0.3, 0.4) is 0 Å². The van der Waals surface area contributed by atoms with Gasteiger partial charge >= 0.3 is 0 Å². The molecule has 29 heavy (non-hydrogen) atoms. The normalized spacial score (nSPS) is 12.4. The van der Waals surface area contributed by atoms with Gasteiger partial charge in [0.05, 0.1) is 11.4 Å². The Labute approximate surface area is 167 Å². The highest BCUT2D eigenvalue weighted by atomic mass is 16.7. The van der Waals surface area contributed by atoms with Crippen molar-refractivity contribution in [1.29, 1.82) is 0 Å². The number of amides is 1. The number of ether oxygens (including phenoxy) is 2. The van der Waals surface area contributed by atoms with E-state index in [2.05, 4.69) is 10.4 Å². The van der Waals surface area contributed by atoms with Crippen molar-refractivity contribution in [2.45, 2.75) is 33.7 Å². The van der Waals surface area contributed by atoms with Crippen molar-refractivity contribution in [2.24, 2.45) is 0 Å². The molecule has 8 heteroatoms. The second kappa shape index (κ2) is 7.12. The Morgan fingerprint density at radius 2 is 1.90 bits per heavy atom.